The van der Waals surface area contributed by atoms with Crippen LogP contribution in [-0.4, -0.2) is 15.6 Å². The second-order valence-corrected chi connectivity index (χ2v) is 8.01. The number of anilines is 2. The Labute approximate surface area is 202 Å². The van der Waals surface area contributed by atoms with Gasteiger partial charge in [0.2, 0.25) is 0 Å². The number of alkyl halides is 3. The van der Waals surface area contributed by atoms with Crippen molar-refractivity contribution in [3.05, 3.63) is 93.5 Å². The predicted molar refractivity (Wildman–Crippen MR) is 127 cm³/mol. The van der Waals surface area contributed by atoms with Crippen molar-refractivity contribution < 1.29 is 22.7 Å². The molecule has 7 nitrogen and oxygen atoms in total. The van der Waals surface area contributed by atoms with Crippen LogP contribution in [0.25, 0.3) is 10.9 Å². The highest BCUT2D eigenvalue weighted by Crippen LogP contribution is 2.36. The number of halogens is 4. The molecule has 0 bridgehead atoms. The number of hydrogen-bond acceptors (Lipinski definition) is 4. The number of aryl methyl sites for hydroxylation is 1. The van der Waals surface area contributed by atoms with Crippen molar-refractivity contribution in [1.29, 1.82) is 0 Å². The molecule has 0 atom stereocenters. The Bertz CT molecular complexity index is 1470. The number of amides is 2. The van der Waals surface area contributed by atoms with E-state index in [1.54, 1.807) is 49.5 Å². The first-order valence-corrected chi connectivity index (χ1v) is 10.6. The van der Waals surface area contributed by atoms with E-state index in [1.807, 2.05) is 0 Å². The molecule has 0 aliphatic rings. The van der Waals surface area contributed by atoms with Crippen LogP contribution in [0.5, 0.6) is 5.75 Å². The second kappa shape index (κ2) is 9.67. The van der Waals surface area contributed by atoms with Crippen LogP contribution < -0.4 is 20.9 Å². The van der Waals surface area contributed by atoms with Crippen LogP contribution >= 0.6 is 11.6 Å². The number of fused-ring (bicyclic) bond motifs is 1. The number of nitrogens with zero attached hydrogens (tertiary/aromatic N) is 2. The number of nitrogens with one attached hydrogen (secondary N) is 2. The summed E-state index contributed by atoms with van der Waals surface area (Å²) in [5.74, 6) is 0.474. The fourth-order valence-corrected chi connectivity index (χ4v) is 3.52. The summed E-state index contributed by atoms with van der Waals surface area (Å²) < 4.78 is 46.2. The molecule has 0 aliphatic heterocycles. The van der Waals surface area contributed by atoms with E-state index in [0.29, 0.717) is 27.9 Å². The molecule has 0 saturated carbocycles. The Morgan fingerprint density at radius 2 is 1.80 bits per heavy atom. The molecule has 3 aromatic carbocycles. The van der Waals surface area contributed by atoms with E-state index in [-0.39, 0.29) is 17.9 Å². The van der Waals surface area contributed by atoms with Gasteiger partial charge in [0.1, 0.15) is 12.4 Å². The van der Waals surface area contributed by atoms with Gasteiger partial charge in [0.05, 0.1) is 27.8 Å². The number of ether oxygens (including phenoxy) is 1. The third-order valence-electron chi connectivity index (χ3n) is 5.01. The van der Waals surface area contributed by atoms with E-state index < -0.39 is 22.8 Å². The summed E-state index contributed by atoms with van der Waals surface area (Å²) in [5, 5.41) is 4.89. The lowest BCUT2D eigenvalue weighted by Gasteiger charge is -2.13. The first-order chi connectivity index (χ1) is 16.6. The van der Waals surface area contributed by atoms with Gasteiger partial charge >= 0.3 is 12.2 Å². The lowest BCUT2D eigenvalue weighted by molar-refractivity contribution is -0.137. The zero-order valence-electron chi connectivity index (χ0n) is 18.2. The van der Waals surface area contributed by atoms with Gasteiger partial charge in [0.25, 0.3) is 5.56 Å². The Hall–Kier alpha value is -4.05. The number of carbonyl (C=O) groups excluding carboxylic acids is 1. The number of hydrogen-bond donors (Lipinski definition) is 2. The van der Waals surface area contributed by atoms with Crippen LogP contribution in [0.4, 0.5) is 29.3 Å². The standard InChI is InChI=1S/C24H18ClF3N4O3/c1-32-13-29-21-8-6-17(11-18(21)22(32)33)35-12-14-3-2-4-15(9-14)30-23(34)31-16-5-7-20(25)19(10-16)24(26,27)28/h2-11,13H,12H2,1H3,(H2,30,31,34). The monoisotopic (exact) mass is 502 g/mol. The van der Waals surface area contributed by atoms with E-state index in [2.05, 4.69) is 15.6 Å². The molecule has 1 heterocycles. The maximum absolute atomic E-state index is 13.0. The van der Waals surface area contributed by atoms with E-state index >= 15 is 0 Å². The number of rotatable bonds is 5. The number of aromatic nitrogens is 2. The summed E-state index contributed by atoms with van der Waals surface area (Å²) >= 11 is 5.60. The highest BCUT2D eigenvalue weighted by atomic mass is 35.5. The molecule has 4 rings (SSSR count). The first-order valence-electron chi connectivity index (χ1n) is 10.2. The molecule has 1 aromatic heterocycles. The lowest BCUT2D eigenvalue weighted by Crippen LogP contribution is -2.20. The first kappa shape index (κ1) is 24.1. The minimum absolute atomic E-state index is 0.0596. The van der Waals surface area contributed by atoms with Crippen molar-refractivity contribution >= 4 is 39.9 Å². The lowest BCUT2D eigenvalue weighted by atomic mass is 10.2. The van der Waals surface area contributed by atoms with Crippen molar-refractivity contribution in [2.75, 3.05) is 10.6 Å². The third-order valence-corrected chi connectivity index (χ3v) is 5.34. The molecule has 2 amide bonds. The van der Waals surface area contributed by atoms with Gasteiger partial charge in [-0.05, 0) is 54.1 Å². The highest BCUT2D eigenvalue weighted by molar-refractivity contribution is 6.31. The van der Waals surface area contributed by atoms with Gasteiger partial charge in [0, 0.05) is 18.4 Å². The fraction of sp³-hybridized carbons (Fsp3) is 0.125. The van der Waals surface area contributed by atoms with Gasteiger partial charge in [-0.1, -0.05) is 23.7 Å². The molecular formula is C24H18ClF3N4O3. The normalized spacial score (nSPS) is 11.3. The molecule has 35 heavy (non-hydrogen) atoms. The van der Waals surface area contributed by atoms with Gasteiger partial charge in [-0.2, -0.15) is 13.2 Å². The topological polar surface area (TPSA) is 85.2 Å². The van der Waals surface area contributed by atoms with E-state index in [0.717, 1.165) is 12.1 Å². The molecule has 2 N–H and O–H groups in total. The predicted octanol–water partition coefficient (Wildman–Crippen LogP) is 5.83. The summed E-state index contributed by atoms with van der Waals surface area (Å²) in [6.45, 7) is 0.148. The summed E-state index contributed by atoms with van der Waals surface area (Å²) in [6.07, 6.45) is -3.20. The van der Waals surface area contributed by atoms with Crippen molar-refractivity contribution in [2.24, 2.45) is 7.05 Å². The van der Waals surface area contributed by atoms with Crippen molar-refractivity contribution in [2.45, 2.75) is 12.8 Å². The minimum Gasteiger partial charge on any atom is -0.489 e. The third kappa shape index (κ3) is 5.72. The highest BCUT2D eigenvalue weighted by Gasteiger charge is 2.33. The molecule has 0 spiro atoms. The van der Waals surface area contributed by atoms with Crippen molar-refractivity contribution in [3.8, 4) is 5.75 Å². The Balaban J connectivity index is 1.41. The molecule has 4 aromatic rings. The molecule has 0 unspecified atom stereocenters. The molecule has 0 aliphatic carbocycles. The van der Waals surface area contributed by atoms with E-state index in [1.165, 1.54) is 17.0 Å². The summed E-state index contributed by atoms with van der Waals surface area (Å²) in [6, 6.07) is 14.1. The number of benzene rings is 3. The van der Waals surface area contributed by atoms with Crippen LogP contribution in [0, 0.1) is 0 Å². The molecule has 0 saturated heterocycles. The van der Waals surface area contributed by atoms with Crippen LogP contribution in [-0.2, 0) is 19.8 Å². The van der Waals surface area contributed by atoms with Gasteiger partial charge in [-0.3, -0.25) is 4.79 Å². The molecule has 180 valence electrons. The summed E-state index contributed by atoms with van der Waals surface area (Å²) in [5.41, 5.74) is 0.383. The second-order valence-electron chi connectivity index (χ2n) is 7.60. The van der Waals surface area contributed by atoms with Gasteiger partial charge < -0.3 is 19.9 Å². The zero-order chi connectivity index (χ0) is 25.2. The fourth-order valence-electron chi connectivity index (χ4n) is 3.30. The molecule has 0 radical (unpaired) electrons. The SMILES string of the molecule is Cn1cnc2ccc(OCc3cccc(NC(=O)Nc4ccc(Cl)c(C(F)(F)F)c4)c3)cc2c1=O. The van der Waals surface area contributed by atoms with Gasteiger partial charge in [0.15, 0.2) is 0 Å². The average molecular weight is 503 g/mol. The number of carbonyl (C=O) groups is 1. The quantitative estimate of drug-likeness (QED) is 0.359. The van der Waals surface area contributed by atoms with E-state index in [9.17, 15) is 22.8 Å². The molecule has 11 heteroatoms. The summed E-state index contributed by atoms with van der Waals surface area (Å²) in [4.78, 5) is 28.8. The van der Waals surface area contributed by atoms with Gasteiger partial charge in [-0.15, -0.1) is 0 Å². The van der Waals surface area contributed by atoms with Crippen LogP contribution in [0.1, 0.15) is 11.1 Å². The van der Waals surface area contributed by atoms with Crippen LogP contribution in [0.2, 0.25) is 5.02 Å². The van der Waals surface area contributed by atoms with Crippen molar-refractivity contribution in [1.82, 2.24) is 9.55 Å². The Morgan fingerprint density at radius 3 is 2.54 bits per heavy atom. The molecular weight excluding hydrogens is 485 g/mol. The molecule has 0 fully saturated rings. The number of urea groups is 1. The smallest absolute Gasteiger partial charge is 0.417 e. The zero-order valence-corrected chi connectivity index (χ0v) is 18.9. The van der Waals surface area contributed by atoms with Gasteiger partial charge in [-0.25, -0.2) is 9.78 Å². The van der Waals surface area contributed by atoms with Crippen molar-refractivity contribution in [3.63, 3.8) is 0 Å². The summed E-state index contributed by atoms with van der Waals surface area (Å²) in [7, 11) is 1.61. The van der Waals surface area contributed by atoms with Crippen LogP contribution in [0.15, 0.2) is 71.8 Å². The maximum Gasteiger partial charge on any atom is 0.417 e. The Morgan fingerprint density at radius 1 is 1.06 bits per heavy atom. The van der Waals surface area contributed by atoms with Crippen LogP contribution in [0.3, 0.4) is 0 Å². The minimum atomic E-state index is -4.64. The maximum atomic E-state index is 13.0. The van der Waals surface area contributed by atoms with E-state index in [4.69, 9.17) is 16.3 Å². The average Bonchev–Trinajstić information content (AvgIpc) is 2.81. The largest absolute Gasteiger partial charge is 0.489 e. The Kier molecular flexibility index (Phi) is 6.65.